The summed E-state index contributed by atoms with van der Waals surface area (Å²) in [5.74, 6) is 0.0362. The van der Waals surface area contributed by atoms with Gasteiger partial charge in [0.05, 0.1) is 0 Å². The first kappa shape index (κ1) is 13.7. The average molecular weight is 313 g/mol. The summed E-state index contributed by atoms with van der Waals surface area (Å²) in [6.45, 7) is 7.17. The number of halogens is 1. The fraction of sp³-hybridized carbons (Fsp3) is 0.643. The molecule has 0 bridgehead atoms. The maximum absolute atomic E-state index is 12.2. The molecule has 0 spiro atoms. The lowest BCUT2D eigenvalue weighted by molar-refractivity contribution is 0.0933. The van der Waals surface area contributed by atoms with Crippen LogP contribution >= 0.6 is 15.9 Å². The molecular weight excluding hydrogens is 292 g/mol. The molecule has 1 amide bonds. The van der Waals surface area contributed by atoms with Crippen molar-refractivity contribution in [2.24, 2.45) is 5.41 Å². The Hall–Kier alpha value is -0.770. The van der Waals surface area contributed by atoms with Crippen LogP contribution in [-0.4, -0.2) is 17.0 Å². The smallest absolute Gasteiger partial charge is 0.267 e. The normalized spacial score (nSPS) is 16.9. The van der Waals surface area contributed by atoms with Crippen molar-refractivity contribution in [2.75, 3.05) is 6.54 Å². The van der Waals surface area contributed by atoms with Gasteiger partial charge in [-0.25, -0.2) is 0 Å². The zero-order valence-electron chi connectivity index (χ0n) is 11.3. The van der Waals surface area contributed by atoms with E-state index in [1.54, 1.807) is 0 Å². The summed E-state index contributed by atoms with van der Waals surface area (Å²) in [4.78, 5) is 12.2. The summed E-state index contributed by atoms with van der Waals surface area (Å²) in [7, 11) is 0. The first-order chi connectivity index (χ1) is 8.47. The van der Waals surface area contributed by atoms with Gasteiger partial charge in [0.1, 0.15) is 5.69 Å². The number of nitrogens with one attached hydrogen (secondary N) is 1. The molecule has 1 saturated carbocycles. The van der Waals surface area contributed by atoms with E-state index in [1.165, 1.54) is 12.8 Å². The third kappa shape index (κ3) is 2.79. The van der Waals surface area contributed by atoms with Crippen molar-refractivity contribution < 1.29 is 4.79 Å². The van der Waals surface area contributed by atoms with E-state index in [4.69, 9.17) is 0 Å². The van der Waals surface area contributed by atoms with Crippen LogP contribution in [0.25, 0.3) is 0 Å². The molecule has 0 saturated heterocycles. The van der Waals surface area contributed by atoms with Gasteiger partial charge in [-0.1, -0.05) is 6.92 Å². The molecule has 18 heavy (non-hydrogen) atoms. The highest BCUT2D eigenvalue weighted by Crippen LogP contribution is 2.47. The lowest BCUT2D eigenvalue weighted by Gasteiger charge is -2.16. The minimum atomic E-state index is 0.0362. The second-order valence-electron chi connectivity index (χ2n) is 5.58. The number of nitrogens with zero attached hydrogens (tertiary/aromatic N) is 1. The van der Waals surface area contributed by atoms with E-state index in [0.29, 0.717) is 5.41 Å². The second kappa shape index (κ2) is 5.08. The Balaban J connectivity index is 2.04. The Morgan fingerprint density at radius 1 is 1.56 bits per heavy atom. The third-order valence-corrected chi connectivity index (χ3v) is 4.37. The summed E-state index contributed by atoms with van der Waals surface area (Å²) in [6, 6.07) is 2.18. The number of hydrogen-bond acceptors (Lipinski definition) is 1. The molecule has 1 fully saturated rings. The first-order valence-electron chi connectivity index (χ1n) is 6.63. The Morgan fingerprint density at radius 3 is 2.72 bits per heavy atom. The Bertz CT molecular complexity index is 447. The molecule has 1 aliphatic rings. The van der Waals surface area contributed by atoms with Gasteiger partial charge in [-0.3, -0.25) is 4.79 Å². The molecule has 3 nitrogen and oxygen atoms in total. The summed E-state index contributed by atoms with van der Waals surface area (Å²) in [5, 5.41) is 3.08. The predicted octanol–water partition coefficient (Wildman–Crippen LogP) is 3.75. The van der Waals surface area contributed by atoms with Gasteiger partial charge in [0, 0.05) is 23.3 Å². The molecular formula is C14H21BrN2O. The largest absolute Gasteiger partial charge is 0.350 e. The van der Waals surface area contributed by atoms with Gasteiger partial charge < -0.3 is 9.88 Å². The standard InChI is InChI=1S/C14H21BrN2O/c1-4-14(5-6-14)9-16-13(18)12-7-11(15)8-17(12)10(2)3/h7-8,10H,4-6,9H2,1-3H3,(H,16,18). The maximum Gasteiger partial charge on any atom is 0.267 e. The Labute approximate surface area is 117 Å². The van der Waals surface area contributed by atoms with Crippen LogP contribution in [0.4, 0.5) is 0 Å². The molecule has 1 aliphatic carbocycles. The molecule has 1 aromatic heterocycles. The molecule has 0 aliphatic heterocycles. The maximum atomic E-state index is 12.2. The predicted molar refractivity (Wildman–Crippen MR) is 76.8 cm³/mol. The molecule has 0 aromatic carbocycles. The monoisotopic (exact) mass is 312 g/mol. The molecule has 0 atom stereocenters. The van der Waals surface area contributed by atoms with E-state index in [9.17, 15) is 4.79 Å². The van der Waals surface area contributed by atoms with Gasteiger partial charge in [-0.05, 0) is 60.5 Å². The quantitative estimate of drug-likeness (QED) is 0.882. The van der Waals surface area contributed by atoms with Crippen LogP contribution in [0.3, 0.4) is 0 Å². The molecule has 0 radical (unpaired) electrons. The van der Waals surface area contributed by atoms with Crippen LogP contribution in [0.1, 0.15) is 56.6 Å². The van der Waals surface area contributed by atoms with Gasteiger partial charge >= 0.3 is 0 Å². The van der Waals surface area contributed by atoms with Crippen LogP contribution in [-0.2, 0) is 0 Å². The third-order valence-electron chi connectivity index (χ3n) is 3.94. The van der Waals surface area contributed by atoms with Gasteiger partial charge in [0.25, 0.3) is 5.91 Å². The van der Waals surface area contributed by atoms with E-state index < -0.39 is 0 Å². The number of carbonyl (C=O) groups is 1. The SMILES string of the molecule is CCC1(CNC(=O)c2cc(Br)cn2C(C)C)CC1. The van der Waals surface area contributed by atoms with E-state index >= 15 is 0 Å². The molecule has 1 N–H and O–H groups in total. The number of hydrogen-bond donors (Lipinski definition) is 1. The highest BCUT2D eigenvalue weighted by Gasteiger charge is 2.40. The summed E-state index contributed by atoms with van der Waals surface area (Å²) >= 11 is 3.44. The summed E-state index contributed by atoms with van der Waals surface area (Å²) < 4.78 is 2.96. The van der Waals surface area contributed by atoms with Crippen LogP contribution in [0.2, 0.25) is 0 Å². The van der Waals surface area contributed by atoms with Crippen LogP contribution in [0.5, 0.6) is 0 Å². The highest BCUT2D eigenvalue weighted by molar-refractivity contribution is 9.10. The zero-order chi connectivity index (χ0) is 13.3. The minimum Gasteiger partial charge on any atom is -0.350 e. The molecule has 100 valence electrons. The van der Waals surface area contributed by atoms with Crippen LogP contribution in [0.15, 0.2) is 16.7 Å². The topological polar surface area (TPSA) is 34.0 Å². The second-order valence-corrected chi connectivity index (χ2v) is 6.50. The van der Waals surface area contributed by atoms with E-state index in [-0.39, 0.29) is 11.9 Å². The lowest BCUT2D eigenvalue weighted by Crippen LogP contribution is -2.31. The fourth-order valence-electron chi connectivity index (χ4n) is 2.25. The summed E-state index contributed by atoms with van der Waals surface area (Å²) in [6.07, 6.45) is 5.62. The van der Waals surface area contributed by atoms with Gasteiger partial charge in [0.2, 0.25) is 0 Å². The van der Waals surface area contributed by atoms with Crippen molar-refractivity contribution >= 4 is 21.8 Å². The molecule has 2 rings (SSSR count). The first-order valence-corrected chi connectivity index (χ1v) is 7.42. The minimum absolute atomic E-state index is 0.0362. The Kier molecular flexibility index (Phi) is 3.85. The molecule has 1 heterocycles. The lowest BCUT2D eigenvalue weighted by atomic mass is 10.0. The summed E-state index contributed by atoms with van der Waals surface area (Å²) in [5.41, 5.74) is 1.13. The average Bonchev–Trinajstić information content (AvgIpc) is 3.01. The van der Waals surface area contributed by atoms with Crippen molar-refractivity contribution in [3.05, 3.63) is 22.4 Å². The van der Waals surface area contributed by atoms with Gasteiger partial charge in [-0.2, -0.15) is 0 Å². The number of rotatable bonds is 5. The zero-order valence-corrected chi connectivity index (χ0v) is 12.9. The van der Waals surface area contributed by atoms with Crippen LogP contribution in [0, 0.1) is 5.41 Å². The number of aromatic nitrogens is 1. The van der Waals surface area contributed by atoms with E-state index in [1.807, 2.05) is 16.8 Å². The fourth-order valence-corrected chi connectivity index (χ4v) is 2.68. The van der Waals surface area contributed by atoms with Crippen molar-refractivity contribution in [1.82, 2.24) is 9.88 Å². The van der Waals surface area contributed by atoms with Gasteiger partial charge in [-0.15, -0.1) is 0 Å². The Morgan fingerprint density at radius 2 is 2.22 bits per heavy atom. The molecule has 1 aromatic rings. The highest BCUT2D eigenvalue weighted by atomic mass is 79.9. The van der Waals surface area contributed by atoms with Crippen molar-refractivity contribution in [2.45, 2.75) is 46.1 Å². The van der Waals surface area contributed by atoms with E-state index in [2.05, 4.69) is 42.0 Å². The van der Waals surface area contributed by atoms with Gasteiger partial charge in [0.15, 0.2) is 0 Å². The molecule has 0 unspecified atom stereocenters. The van der Waals surface area contributed by atoms with Crippen molar-refractivity contribution in [3.63, 3.8) is 0 Å². The van der Waals surface area contributed by atoms with Crippen LogP contribution < -0.4 is 5.32 Å². The van der Waals surface area contributed by atoms with Crippen molar-refractivity contribution in [3.8, 4) is 0 Å². The molecule has 4 heteroatoms. The van der Waals surface area contributed by atoms with E-state index in [0.717, 1.165) is 23.1 Å². The number of carbonyl (C=O) groups excluding carboxylic acids is 1. The van der Waals surface area contributed by atoms with Crippen molar-refractivity contribution in [1.29, 1.82) is 0 Å². The number of amides is 1.